The van der Waals surface area contributed by atoms with Crippen molar-refractivity contribution in [3.8, 4) is 11.1 Å². The monoisotopic (exact) mass is 550 g/mol. The number of rotatable bonds is 9. The van der Waals surface area contributed by atoms with Crippen molar-refractivity contribution in [2.75, 3.05) is 4.72 Å². The number of hydrogen-bond acceptors (Lipinski definition) is 5. The maximum Gasteiger partial charge on any atom is 0.325 e. The van der Waals surface area contributed by atoms with Crippen LogP contribution in [0.4, 0.5) is 5.69 Å². The quantitative estimate of drug-likeness (QED) is 0.208. The number of hydrogen-bond donors (Lipinski definition) is 3. The molecular formula is C28H23ClN2O4S2. The summed E-state index contributed by atoms with van der Waals surface area (Å²) in [5, 5.41) is 10.7. The Morgan fingerprint density at radius 3 is 2.19 bits per heavy atom. The van der Waals surface area contributed by atoms with Crippen molar-refractivity contribution in [1.82, 2.24) is 4.72 Å². The summed E-state index contributed by atoms with van der Waals surface area (Å²) >= 11 is 7.24. The van der Waals surface area contributed by atoms with Crippen molar-refractivity contribution in [3.63, 3.8) is 0 Å². The van der Waals surface area contributed by atoms with E-state index in [1.54, 1.807) is 36.4 Å². The number of halogens is 1. The van der Waals surface area contributed by atoms with Crippen LogP contribution in [0.25, 0.3) is 11.1 Å². The van der Waals surface area contributed by atoms with Crippen LogP contribution in [0.1, 0.15) is 17.9 Å². The van der Waals surface area contributed by atoms with Gasteiger partial charge in [0, 0.05) is 21.5 Å². The highest BCUT2D eigenvalue weighted by molar-refractivity contribution is 7.97. The van der Waals surface area contributed by atoms with E-state index in [-0.39, 0.29) is 10.8 Å². The topological polar surface area (TPSA) is 95.5 Å². The number of anilines is 1. The standard InChI is InChI=1S/C28H23ClN2O4S2/c29-22-13-9-19(10-14-22)20-11-15-24(16-12-20)36-31-28(27(32)33)18-26(28)21-5-4-6-23(17-21)30-37(34,35)25-7-2-1-3-8-25/h1-17,26,30-31H,18H2,(H,32,33). The van der Waals surface area contributed by atoms with Gasteiger partial charge in [-0.1, -0.05) is 66.2 Å². The molecule has 2 unspecified atom stereocenters. The molecule has 0 saturated heterocycles. The lowest BCUT2D eigenvalue weighted by molar-refractivity contribution is -0.140. The number of aliphatic carboxylic acids is 1. The molecule has 3 N–H and O–H groups in total. The van der Waals surface area contributed by atoms with Crippen molar-refractivity contribution >= 4 is 45.2 Å². The second-order valence-corrected chi connectivity index (χ2v) is 11.8. The van der Waals surface area contributed by atoms with Crippen LogP contribution in [0.15, 0.2) is 113 Å². The van der Waals surface area contributed by atoms with Crippen LogP contribution in [0.5, 0.6) is 0 Å². The summed E-state index contributed by atoms with van der Waals surface area (Å²) in [6, 6.07) is 30.4. The summed E-state index contributed by atoms with van der Waals surface area (Å²) in [7, 11) is -3.75. The molecule has 0 aliphatic heterocycles. The van der Waals surface area contributed by atoms with Crippen LogP contribution >= 0.6 is 23.5 Å². The zero-order valence-corrected chi connectivity index (χ0v) is 21.9. The first-order valence-electron chi connectivity index (χ1n) is 11.5. The molecule has 1 saturated carbocycles. The van der Waals surface area contributed by atoms with Gasteiger partial charge in [0.25, 0.3) is 10.0 Å². The minimum Gasteiger partial charge on any atom is -0.480 e. The number of carboxylic acids is 1. The van der Waals surface area contributed by atoms with E-state index in [9.17, 15) is 18.3 Å². The van der Waals surface area contributed by atoms with E-state index < -0.39 is 21.5 Å². The Hall–Kier alpha value is -3.30. The molecule has 0 spiro atoms. The van der Waals surface area contributed by atoms with Gasteiger partial charge >= 0.3 is 5.97 Å². The Balaban J connectivity index is 1.28. The van der Waals surface area contributed by atoms with Gasteiger partial charge in [-0.15, -0.1) is 0 Å². The molecule has 37 heavy (non-hydrogen) atoms. The Kier molecular flexibility index (Phi) is 7.00. The van der Waals surface area contributed by atoms with E-state index in [0.29, 0.717) is 17.1 Å². The Labute approximate surface area is 224 Å². The predicted octanol–water partition coefficient (Wildman–Crippen LogP) is 6.42. The second-order valence-electron chi connectivity index (χ2n) is 8.81. The van der Waals surface area contributed by atoms with Crippen LogP contribution in [0.3, 0.4) is 0 Å². The molecule has 0 aromatic heterocycles. The zero-order valence-electron chi connectivity index (χ0n) is 19.5. The smallest absolute Gasteiger partial charge is 0.325 e. The molecule has 0 heterocycles. The van der Waals surface area contributed by atoms with Crippen molar-refractivity contribution in [2.45, 2.75) is 27.7 Å². The van der Waals surface area contributed by atoms with E-state index >= 15 is 0 Å². The second kappa shape index (κ2) is 10.2. The maximum atomic E-state index is 12.7. The molecule has 1 fully saturated rings. The number of carboxylic acid groups (broad SMARTS) is 1. The molecule has 5 rings (SSSR count). The van der Waals surface area contributed by atoms with Gasteiger partial charge in [0.1, 0.15) is 5.54 Å². The largest absolute Gasteiger partial charge is 0.480 e. The van der Waals surface area contributed by atoms with Crippen molar-refractivity contribution < 1.29 is 18.3 Å². The van der Waals surface area contributed by atoms with Crippen molar-refractivity contribution in [1.29, 1.82) is 0 Å². The van der Waals surface area contributed by atoms with E-state index in [4.69, 9.17) is 11.6 Å². The summed E-state index contributed by atoms with van der Waals surface area (Å²) in [5.41, 5.74) is 2.07. The molecule has 1 aliphatic carbocycles. The first-order chi connectivity index (χ1) is 17.8. The fraction of sp³-hybridized carbons (Fsp3) is 0.107. The summed E-state index contributed by atoms with van der Waals surface area (Å²) in [4.78, 5) is 13.3. The van der Waals surface area contributed by atoms with Gasteiger partial charge < -0.3 is 5.11 Å². The highest BCUT2D eigenvalue weighted by Gasteiger charge is 2.61. The summed E-state index contributed by atoms with van der Waals surface area (Å²) in [5.74, 6) is -1.25. The molecule has 1 aliphatic rings. The number of nitrogens with one attached hydrogen (secondary N) is 2. The van der Waals surface area contributed by atoms with Crippen molar-refractivity contribution in [2.24, 2.45) is 0 Å². The lowest BCUT2D eigenvalue weighted by atomic mass is 10.1. The van der Waals surface area contributed by atoms with Crippen LogP contribution in [-0.4, -0.2) is 25.0 Å². The fourth-order valence-electron chi connectivity index (χ4n) is 4.20. The van der Waals surface area contributed by atoms with Gasteiger partial charge in [0.05, 0.1) is 4.90 Å². The molecule has 9 heteroatoms. The van der Waals surface area contributed by atoms with E-state index in [2.05, 4.69) is 9.44 Å². The average molecular weight is 551 g/mol. The summed E-state index contributed by atoms with van der Waals surface area (Å²) < 4.78 is 31.1. The maximum absolute atomic E-state index is 12.7. The molecule has 0 amide bonds. The third kappa shape index (κ3) is 5.52. The van der Waals surface area contributed by atoms with Crippen LogP contribution in [0, 0.1) is 0 Å². The van der Waals surface area contributed by atoms with E-state index in [0.717, 1.165) is 21.6 Å². The molecule has 4 aromatic rings. The van der Waals surface area contributed by atoms with E-state index in [1.165, 1.54) is 24.1 Å². The lowest BCUT2D eigenvalue weighted by Gasteiger charge is -2.15. The fourth-order valence-corrected chi connectivity index (χ4v) is 6.28. The molecule has 0 bridgehead atoms. The predicted molar refractivity (Wildman–Crippen MR) is 147 cm³/mol. The minimum atomic E-state index is -3.75. The van der Waals surface area contributed by atoms with Crippen LogP contribution in [0.2, 0.25) is 5.02 Å². The van der Waals surface area contributed by atoms with Gasteiger partial charge in [-0.05, 0) is 83.6 Å². The summed E-state index contributed by atoms with van der Waals surface area (Å²) in [6.07, 6.45) is 0.396. The van der Waals surface area contributed by atoms with Crippen molar-refractivity contribution in [3.05, 3.63) is 114 Å². The van der Waals surface area contributed by atoms with Gasteiger partial charge in [0.2, 0.25) is 0 Å². The van der Waals surface area contributed by atoms with Gasteiger partial charge in [-0.25, -0.2) is 13.1 Å². The molecule has 188 valence electrons. The van der Waals surface area contributed by atoms with Crippen LogP contribution < -0.4 is 9.44 Å². The first kappa shape index (κ1) is 25.4. The number of sulfonamides is 1. The third-order valence-corrected chi connectivity index (χ3v) is 8.94. The highest BCUT2D eigenvalue weighted by atomic mass is 35.5. The normalized spacial score (nSPS) is 18.8. The highest BCUT2D eigenvalue weighted by Crippen LogP contribution is 2.53. The van der Waals surface area contributed by atoms with Gasteiger partial charge in [-0.2, -0.15) is 0 Å². The molecular weight excluding hydrogens is 528 g/mol. The third-order valence-electron chi connectivity index (χ3n) is 6.32. The van der Waals surface area contributed by atoms with Gasteiger partial charge in [0.15, 0.2) is 0 Å². The average Bonchev–Trinajstić information content (AvgIpc) is 3.65. The zero-order chi connectivity index (χ0) is 26.0. The SMILES string of the molecule is O=C(O)C1(NSc2ccc(-c3ccc(Cl)cc3)cc2)CC1c1cccc(NS(=O)(=O)c2ccccc2)c1. The first-order valence-corrected chi connectivity index (χ1v) is 14.2. The number of benzene rings is 4. The summed E-state index contributed by atoms with van der Waals surface area (Å²) in [6.45, 7) is 0. The van der Waals surface area contributed by atoms with Crippen LogP contribution in [-0.2, 0) is 14.8 Å². The molecule has 4 aromatic carbocycles. The minimum absolute atomic E-state index is 0.159. The Morgan fingerprint density at radius 2 is 1.54 bits per heavy atom. The Morgan fingerprint density at radius 1 is 0.892 bits per heavy atom. The van der Waals surface area contributed by atoms with Gasteiger partial charge in [-0.3, -0.25) is 9.52 Å². The molecule has 2 atom stereocenters. The number of carbonyl (C=O) groups is 1. The molecule has 0 radical (unpaired) electrons. The lowest BCUT2D eigenvalue weighted by Crippen LogP contribution is -2.36. The Bertz CT molecular complexity index is 1530. The molecule has 6 nitrogen and oxygen atoms in total. The van der Waals surface area contributed by atoms with E-state index in [1.807, 2.05) is 54.6 Å².